The van der Waals surface area contributed by atoms with Gasteiger partial charge in [0.15, 0.2) is 5.96 Å². The minimum Gasteiger partial charge on any atom is -0.493 e. The van der Waals surface area contributed by atoms with Crippen molar-refractivity contribution in [3.05, 3.63) is 59.7 Å². The van der Waals surface area contributed by atoms with Gasteiger partial charge in [0.25, 0.3) is 0 Å². The molecule has 2 aliphatic carbocycles. The highest BCUT2D eigenvalue weighted by atomic mass is 127. The van der Waals surface area contributed by atoms with E-state index in [4.69, 9.17) is 4.74 Å². The lowest BCUT2D eigenvalue weighted by Gasteiger charge is -2.24. The molecule has 0 unspecified atom stereocenters. The summed E-state index contributed by atoms with van der Waals surface area (Å²) in [7, 11) is 1.76. The highest BCUT2D eigenvalue weighted by Crippen LogP contribution is 2.30. The Morgan fingerprint density at radius 3 is 2.53 bits per heavy atom. The smallest absolute Gasteiger partial charge is 0.227 e. The molecule has 0 bridgehead atoms. The Morgan fingerprint density at radius 1 is 1.03 bits per heavy atom. The van der Waals surface area contributed by atoms with Crippen molar-refractivity contribution in [2.75, 3.05) is 19.0 Å². The van der Waals surface area contributed by atoms with Gasteiger partial charge in [0.05, 0.1) is 6.61 Å². The van der Waals surface area contributed by atoms with Gasteiger partial charge in [-0.3, -0.25) is 9.79 Å². The maximum absolute atomic E-state index is 12.2. The molecule has 2 aliphatic rings. The van der Waals surface area contributed by atoms with Crippen LogP contribution in [0, 0.1) is 11.8 Å². The number of halogens is 1. The van der Waals surface area contributed by atoms with Crippen molar-refractivity contribution < 1.29 is 9.53 Å². The number of nitrogens with one attached hydrogen (secondary N) is 3. The lowest BCUT2D eigenvalue weighted by atomic mass is 9.85. The fourth-order valence-corrected chi connectivity index (χ4v) is 3.54. The quantitative estimate of drug-likeness (QED) is 0.242. The van der Waals surface area contributed by atoms with Crippen LogP contribution in [0.15, 0.2) is 53.5 Å². The fourth-order valence-electron chi connectivity index (χ4n) is 3.54. The number of hydrogen-bond acceptors (Lipinski definition) is 3. The van der Waals surface area contributed by atoms with Crippen molar-refractivity contribution in [2.45, 2.75) is 45.2 Å². The Hall–Kier alpha value is -2.29. The summed E-state index contributed by atoms with van der Waals surface area (Å²) in [5, 5.41) is 9.75. The van der Waals surface area contributed by atoms with E-state index < -0.39 is 0 Å². The molecule has 32 heavy (non-hydrogen) atoms. The molecule has 0 radical (unpaired) electrons. The Labute approximate surface area is 207 Å². The van der Waals surface area contributed by atoms with E-state index in [1.54, 1.807) is 7.05 Å². The number of aliphatic imine (C=N–C) groups is 1. The first kappa shape index (κ1) is 24.4. The van der Waals surface area contributed by atoms with Crippen molar-refractivity contribution in [3.8, 4) is 5.75 Å². The van der Waals surface area contributed by atoms with Crippen LogP contribution in [0.4, 0.5) is 5.69 Å². The van der Waals surface area contributed by atoms with Gasteiger partial charge in [-0.15, -0.1) is 24.0 Å². The number of carbonyl (C=O) groups is 1. The SMILES string of the molecule is CN=C(NCc1cccc(NC(=O)C2CCC2)c1)NCc1ccccc1OCC1CC1.I. The van der Waals surface area contributed by atoms with E-state index >= 15 is 0 Å². The summed E-state index contributed by atoms with van der Waals surface area (Å²) in [5.41, 5.74) is 3.05. The van der Waals surface area contributed by atoms with Gasteiger partial charge in [0.1, 0.15) is 5.75 Å². The Morgan fingerprint density at radius 2 is 1.81 bits per heavy atom. The first-order valence-corrected chi connectivity index (χ1v) is 11.3. The standard InChI is InChI=1S/C25H32N4O2.HI/c1-26-25(28-16-21-7-2-3-11-23(21)31-17-18-12-13-18)27-15-19-6-4-10-22(14-19)29-24(30)20-8-5-9-20;/h2-4,6-7,10-11,14,18,20H,5,8-9,12-13,15-17H2,1H3,(H,29,30)(H2,26,27,28);1H. The number of ether oxygens (including phenoxy) is 1. The highest BCUT2D eigenvalue weighted by Gasteiger charge is 2.25. The number of nitrogens with zero attached hydrogens (tertiary/aromatic N) is 1. The van der Waals surface area contributed by atoms with E-state index in [9.17, 15) is 4.79 Å². The fraction of sp³-hybridized carbons (Fsp3) is 0.440. The molecule has 6 nitrogen and oxygen atoms in total. The van der Waals surface area contributed by atoms with E-state index in [-0.39, 0.29) is 35.8 Å². The Balaban J connectivity index is 0.00000289. The van der Waals surface area contributed by atoms with Gasteiger partial charge < -0.3 is 20.7 Å². The number of benzene rings is 2. The van der Waals surface area contributed by atoms with E-state index in [0.29, 0.717) is 13.1 Å². The van der Waals surface area contributed by atoms with E-state index in [2.05, 4.69) is 27.0 Å². The van der Waals surface area contributed by atoms with Crippen LogP contribution in [0.25, 0.3) is 0 Å². The summed E-state index contributed by atoms with van der Waals surface area (Å²) in [4.78, 5) is 16.5. The summed E-state index contributed by atoms with van der Waals surface area (Å²) in [5.74, 6) is 2.70. The average Bonchev–Trinajstić information content (AvgIpc) is 3.56. The molecule has 3 N–H and O–H groups in total. The molecule has 1 amide bonds. The number of hydrogen-bond donors (Lipinski definition) is 3. The first-order valence-electron chi connectivity index (χ1n) is 11.3. The maximum atomic E-state index is 12.2. The second-order valence-electron chi connectivity index (χ2n) is 8.46. The van der Waals surface area contributed by atoms with Gasteiger partial charge >= 0.3 is 0 Å². The number of guanidine groups is 1. The van der Waals surface area contributed by atoms with E-state index in [1.807, 2.05) is 42.5 Å². The number of carbonyl (C=O) groups excluding carboxylic acids is 1. The molecular formula is C25H33IN4O2. The van der Waals surface area contributed by atoms with Crippen LogP contribution >= 0.6 is 24.0 Å². The monoisotopic (exact) mass is 548 g/mol. The molecule has 172 valence electrons. The van der Waals surface area contributed by atoms with Gasteiger partial charge in [0, 0.05) is 37.3 Å². The van der Waals surface area contributed by atoms with Crippen molar-refractivity contribution in [1.29, 1.82) is 0 Å². The minimum atomic E-state index is 0. The summed E-state index contributed by atoms with van der Waals surface area (Å²) in [6.45, 7) is 2.06. The van der Waals surface area contributed by atoms with Crippen LogP contribution in [0.1, 0.15) is 43.2 Å². The molecule has 2 aromatic rings. The molecule has 0 aromatic heterocycles. The predicted molar refractivity (Wildman–Crippen MR) is 140 cm³/mol. The van der Waals surface area contributed by atoms with Crippen molar-refractivity contribution in [3.63, 3.8) is 0 Å². The second-order valence-corrected chi connectivity index (χ2v) is 8.46. The zero-order valence-electron chi connectivity index (χ0n) is 18.6. The van der Waals surface area contributed by atoms with E-state index in [0.717, 1.165) is 60.3 Å². The van der Waals surface area contributed by atoms with Gasteiger partial charge in [-0.2, -0.15) is 0 Å². The molecule has 2 saturated carbocycles. The summed E-state index contributed by atoms with van der Waals surface area (Å²) in [6.07, 6.45) is 5.73. The van der Waals surface area contributed by atoms with Gasteiger partial charge in [-0.05, 0) is 55.4 Å². The van der Waals surface area contributed by atoms with Crippen molar-refractivity contribution in [2.24, 2.45) is 16.8 Å². The lowest BCUT2D eigenvalue weighted by molar-refractivity contribution is -0.122. The largest absolute Gasteiger partial charge is 0.493 e. The summed E-state index contributed by atoms with van der Waals surface area (Å²) < 4.78 is 6.00. The third kappa shape index (κ3) is 7.12. The summed E-state index contributed by atoms with van der Waals surface area (Å²) in [6, 6.07) is 16.1. The third-order valence-corrected chi connectivity index (χ3v) is 5.94. The second kappa shape index (κ2) is 12.1. The van der Waals surface area contributed by atoms with Crippen LogP contribution in [0.3, 0.4) is 0 Å². The minimum absolute atomic E-state index is 0. The topological polar surface area (TPSA) is 74.8 Å². The Bertz CT molecular complexity index is 926. The molecule has 0 saturated heterocycles. The van der Waals surface area contributed by atoms with E-state index in [1.165, 1.54) is 12.8 Å². The zero-order valence-corrected chi connectivity index (χ0v) is 20.9. The lowest BCUT2D eigenvalue weighted by Crippen LogP contribution is -2.36. The number of para-hydroxylation sites is 1. The summed E-state index contributed by atoms with van der Waals surface area (Å²) >= 11 is 0. The molecule has 7 heteroatoms. The number of amides is 1. The van der Waals surface area contributed by atoms with Crippen molar-refractivity contribution >= 4 is 41.5 Å². The van der Waals surface area contributed by atoms with Crippen LogP contribution in [-0.4, -0.2) is 25.5 Å². The molecule has 0 atom stereocenters. The zero-order chi connectivity index (χ0) is 21.5. The molecular weight excluding hydrogens is 515 g/mol. The predicted octanol–water partition coefficient (Wildman–Crippen LogP) is 4.70. The first-order chi connectivity index (χ1) is 15.2. The molecule has 2 aromatic carbocycles. The maximum Gasteiger partial charge on any atom is 0.227 e. The number of rotatable bonds is 9. The Kier molecular flexibility index (Phi) is 9.20. The molecule has 4 rings (SSSR count). The molecule has 0 spiro atoms. The normalized spacial score (nSPS) is 15.8. The average molecular weight is 548 g/mol. The van der Waals surface area contributed by atoms with Gasteiger partial charge in [-0.25, -0.2) is 0 Å². The van der Waals surface area contributed by atoms with Crippen molar-refractivity contribution in [1.82, 2.24) is 10.6 Å². The van der Waals surface area contributed by atoms with Crippen LogP contribution in [0.2, 0.25) is 0 Å². The van der Waals surface area contributed by atoms with Gasteiger partial charge in [0.2, 0.25) is 5.91 Å². The van der Waals surface area contributed by atoms with Gasteiger partial charge in [-0.1, -0.05) is 36.8 Å². The molecule has 2 fully saturated rings. The van der Waals surface area contributed by atoms with Crippen LogP contribution in [-0.2, 0) is 17.9 Å². The third-order valence-electron chi connectivity index (χ3n) is 5.94. The molecule has 0 heterocycles. The van der Waals surface area contributed by atoms with Crippen LogP contribution < -0.4 is 20.7 Å². The van der Waals surface area contributed by atoms with Crippen LogP contribution in [0.5, 0.6) is 5.75 Å². The molecule has 0 aliphatic heterocycles. The highest BCUT2D eigenvalue weighted by molar-refractivity contribution is 14.0. The number of anilines is 1.